The molecule has 22 heavy (non-hydrogen) atoms. The first-order chi connectivity index (χ1) is 10.8. The number of fused-ring (bicyclic) bond motifs is 2. The number of hydrogen-bond donors (Lipinski definition) is 0. The SMILES string of the molecule is CC1=C(c2c3ccccc3cc3ccccc23)C(C)CC=C1. The molecule has 1 unspecified atom stereocenters. The van der Waals surface area contributed by atoms with E-state index in [4.69, 9.17) is 0 Å². The molecule has 4 rings (SSSR count). The molecule has 0 bridgehead atoms. The van der Waals surface area contributed by atoms with Gasteiger partial charge < -0.3 is 0 Å². The van der Waals surface area contributed by atoms with Gasteiger partial charge in [-0.15, -0.1) is 0 Å². The van der Waals surface area contributed by atoms with Gasteiger partial charge in [0.1, 0.15) is 0 Å². The van der Waals surface area contributed by atoms with Crippen molar-refractivity contribution in [1.82, 2.24) is 0 Å². The number of allylic oxidation sites excluding steroid dienone is 4. The molecule has 1 atom stereocenters. The van der Waals surface area contributed by atoms with Gasteiger partial charge in [0.15, 0.2) is 0 Å². The van der Waals surface area contributed by atoms with E-state index in [0.29, 0.717) is 5.92 Å². The van der Waals surface area contributed by atoms with E-state index in [9.17, 15) is 0 Å². The molecule has 0 heteroatoms. The maximum absolute atomic E-state index is 2.35. The smallest absolute Gasteiger partial charge is 0.00618 e. The number of benzene rings is 3. The Labute approximate surface area is 131 Å². The van der Waals surface area contributed by atoms with Crippen LogP contribution in [0.4, 0.5) is 0 Å². The van der Waals surface area contributed by atoms with E-state index in [1.807, 2.05) is 0 Å². The number of rotatable bonds is 1. The highest BCUT2D eigenvalue weighted by molar-refractivity contribution is 6.09. The van der Waals surface area contributed by atoms with Gasteiger partial charge in [-0.25, -0.2) is 0 Å². The molecule has 0 N–H and O–H groups in total. The van der Waals surface area contributed by atoms with Crippen LogP contribution < -0.4 is 0 Å². The Hall–Kier alpha value is -2.34. The summed E-state index contributed by atoms with van der Waals surface area (Å²) in [7, 11) is 0. The largest absolute Gasteiger partial charge is 0.0837 e. The van der Waals surface area contributed by atoms with Gasteiger partial charge in [0.25, 0.3) is 0 Å². The lowest BCUT2D eigenvalue weighted by molar-refractivity contribution is 0.754. The van der Waals surface area contributed by atoms with E-state index in [2.05, 4.69) is 80.6 Å². The highest BCUT2D eigenvalue weighted by atomic mass is 14.2. The lowest BCUT2D eigenvalue weighted by Gasteiger charge is -2.24. The third kappa shape index (κ3) is 1.99. The minimum Gasteiger partial charge on any atom is -0.0837 e. The molecule has 0 fully saturated rings. The van der Waals surface area contributed by atoms with Gasteiger partial charge in [-0.1, -0.05) is 67.6 Å². The maximum atomic E-state index is 2.35. The van der Waals surface area contributed by atoms with Gasteiger partial charge in [-0.05, 0) is 63.6 Å². The quantitative estimate of drug-likeness (QED) is 0.456. The van der Waals surface area contributed by atoms with Crippen LogP contribution in [0.3, 0.4) is 0 Å². The Morgan fingerprint density at radius 1 is 0.864 bits per heavy atom. The molecule has 1 aliphatic carbocycles. The van der Waals surface area contributed by atoms with E-state index < -0.39 is 0 Å². The summed E-state index contributed by atoms with van der Waals surface area (Å²) in [4.78, 5) is 0. The highest BCUT2D eigenvalue weighted by Crippen LogP contribution is 2.41. The van der Waals surface area contributed by atoms with Crippen LogP contribution in [-0.4, -0.2) is 0 Å². The van der Waals surface area contributed by atoms with Crippen LogP contribution in [0.2, 0.25) is 0 Å². The molecular weight excluding hydrogens is 264 g/mol. The maximum Gasteiger partial charge on any atom is -0.00618 e. The molecule has 1 aliphatic rings. The molecule has 0 spiro atoms. The molecule has 0 amide bonds. The van der Waals surface area contributed by atoms with Crippen molar-refractivity contribution in [3.05, 3.63) is 77.9 Å². The zero-order chi connectivity index (χ0) is 15.1. The topological polar surface area (TPSA) is 0 Å². The van der Waals surface area contributed by atoms with Crippen molar-refractivity contribution in [2.24, 2.45) is 5.92 Å². The van der Waals surface area contributed by atoms with E-state index in [1.165, 1.54) is 38.3 Å². The Morgan fingerprint density at radius 3 is 2.05 bits per heavy atom. The zero-order valence-electron chi connectivity index (χ0n) is 13.1. The van der Waals surface area contributed by atoms with Crippen LogP contribution in [0.15, 0.2) is 72.3 Å². The highest BCUT2D eigenvalue weighted by Gasteiger charge is 2.19. The lowest BCUT2D eigenvalue weighted by atomic mass is 9.80. The van der Waals surface area contributed by atoms with Crippen LogP contribution in [0, 0.1) is 5.92 Å². The summed E-state index contributed by atoms with van der Waals surface area (Å²) in [5, 5.41) is 5.41. The summed E-state index contributed by atoms with van der Waals surface area (Å²) < 4.78 is 0. The lowest BCUT2D eigenvalue weighted by Crippen LogP contribution is -2.05. The zero-order valence-corrected chi connectivity index (χ0v) is 13.1. The van der Waals surface area contributed by atoms with E-state index >= 15 is 0 Å². The Kier molecular flexibility index (Phi) is 3.11. The van der Waals surface area contributed by atoms with Gasteiger partial charge >= 0.3 is 0 Å². The summed E-state index contributed by atoms with van der Waals surface area (Å²) in [6, 6.07) is 19.9. The molecule has 3 aromatic carbocycles. The summed E-state index contributed by atoms with van der Waals surface area (Å²) >= 11 is 0. The van der Waals surface area contributed by atoms with Crippen molar-refractivity contribution < 1.29 is 0 Å². The van der Waals surface area contributed by atoms with Crippen molar-refractivity contribution >= 4 is 27.1 Å². The summed E-state index contributed by atoms with van der Waals surface area (Å²) in [6.45, 7) is 4.59. The molecule has 0 saturated carbocycles. The fraction of sp³-hybridized carbons (Fsp3) is 0.182. The van der Waals surface area contributed by atoms with Crippen molar-refractivity contribution in [2.45, 2.75) is 20.3 Å². The van der Waals surface area contributed by atoms with Crippen molar-refractivity contribution in [1.29, 1.82) is 0 Å². The first-order valence-corrected chi connectivity index (χ1v) is 8.04. The summed E-state index contributed by atoms with van der Waals surface area (Å²) in [5.74, 6) is 0.569. The average molecular weight is 284 g/mol. The van der Waals surface area contributed by atoms with Gasteiger partial charge in [0.05, 0.1) is 0 Å². The fourth-order valence-electron chi connectivity index (χ4n) is 3.79. The van der Waals surface area contributed by atoms with Crippen LogP contribution in [0.25, 0.3) is 27.1 Å². The van der Waals surface area contributed by atoms with Gasteiger partial charge in [-0.3, -0.25) is 0 Å². The first kappa shape index (κ1) is 13.3. The van der Waals surface area contributed by atoms with Gasteiger partial charge in [-0.2, -0.15) is 0 Å². The summed E-state index contributed by atoms with van der Waals surface area (Å²) in [6.07, 6.45) is 5.72. The monoisotopic (exact) mass is 284 g/mol. The predicted octanol–water partition coefficient (Wildman–Crippen LogP) is 6.36. The molecule has 108 valence electrons. The van der Waals surface area contributed by atoms with Crippen LogP contribution in [0.5, 0.6) is 0 Å². The number of hydrogen-bond acceptors (Lipinski definition) is 0. The van der Waals surface area contributed by atoms with E-state index in [1.54, 1.807) is 0 Å². The van der Waals surface area contributed by atoms with Crippen LogP contribution in [-0.2, 0) is 0 Å². The molecule has 0 heterocycles. The molecule has 0 aliphatic heterocycles. The van der Waals surface area contributed by atoms with Crippen molar-refractivity contribution in [3.63, 3.8) is 0 Å². The Morgan fingerprint density at radius 2 is 1.45 bits per heavy atom. The average Bonchev–Trinajstić information content (AvgIpc) is 2.54. The minimum absolute atomic E-state index is 0.569. The fourth-order valence-corrected chi connectivity index (χ4v) is 3.79. The van der Waals surface area contributed by atoms with Gasteiger partial charge in [0, 0.05) is 0 Å². The minimum atomic E-state index is 0.569. The van der Waals surface area contributed by atoms with E-state index in [-0.39, 0.29) is 0 Å². The Bertz CT molecular complexity index is 871. The second-order valence-electron chi connectivity index (χ2n) is 6.33. The van der Waals surface area contributed by atoms with Crippen molar-refractivity contribution in [2.75, 3.05) is 0 Å². The molecule has 0 radical (unpaired) electrons. The molecular formula is C22H20. The molecule has 3 aromatic rings. The standard InChI is InChI=1S/C22H20/c1-15-8-7-9-16(2)21(15)22-19-12-5-3-10-17(19)14-18-11-4-6-13-20(18)22/h3-8,10-14,16H,9H2,1-2H3. The predicted molar refractivity (Wildman–Crippen MR) is 97.0 cm³/mol. The van der Waals surface area contributed by atoms with Crippen LogP contribution in [0.1, 0.15) is 25.8 Å². The van der Waals surface area contributed by atoms with Crippen LogP contribution >= 0.6 is 0 Å². The van der Waals surface area contributed by atoms with Gasteiger partial charge in [0.2, 0.25) is 0 Å². The van der Waals surface area contributed by atoms with Crippen molar-refractivity contribution in [3.8, 4) is 0 Å². The first-order valence-electron chi connectivity index (χ1n) is 8.04. The second-order valence-corrected chi connectivity index (χ2v) is 6.33. The molecule has 0 aromatic heterocycles. The third-order valence-electron chi connectivity index (χ3n) is 4.82. The summed E-state index contributed by atoms with van der Waals surface area (Å²) in [5.41, 5.74) is 4.35. The van der Waals surface area contributed by atoms with E-state index in [0.717, 1.165) is 6.42 Å². The molecule has 0 saturated heterocycles. The normalized spacial score (nSPS) is 18.4. The third-order valence-corrected chi connectivity index (χ3v) is 4.82. The molecule has 0 nitrogen and oxygen atoms in total. The second kappa shape index (κ2) is 5.14. The Balaban J connectivity index is 2.20.